The van der Waals surface area contributed by atoms with Crippen molar-refractivity contribution in [3.05, 3.63) is 90.3 Å². The second-order valence-corrected chi connectivity index (χ2v) is 7.92. The highest BCUT2D eigenvalue weighted by atomic mass is 19.2. The van der Waals surface area contributed by atoms with Crippen molar-refractivity contribution in [2.75, 3.05) is 20.3 Å². The van der Waals surface area contributed by atoms with Crippen LogP contribution in [0.3, 0.4) is 0 Å². The smallest absolute Gasteiger partial charge is 0.201 e. The summed E-state index contributed by atoms with van der Waals surface area (Å²) in [6, 6.07) is 14.6. The largest absolute Gasteiger partial charge is 0.494 e. The molecule has 0 spiro atoms. The van der Waals surface area contributed by atoms with E-state index in [1.165, 1.54) is 25.3 Å². The molecule has 0 amide bonds. The van der Waals surface area contributed by atoms with Gasteiger partial charge >= 0.3 is 0 Å². The van der Waals surface area contributed by atoms with Crippen LogP contribution in [0.15, 0.2) is 67.3 Å². The lowest BCUT2D eigenvalue weighted by Crippen LogP contribution is -2.30. The minimum Gasteiger partial charge on any atom is -0.494 e. The highest BCUT2D eigenvalue weighted by Gasteiger charge is 2.24. The summed E-state index contributed by atoms with van der Waals surface area (Å²) in [5.41, 5.74) is 2.47. The molecule has 1 aliphatic heterocycles. The van der Waals surface area contributed by atoms with E-state index in [0.29, 0.717) is 29.9 Å². The topological polar surface area (TPSA) is 27.7 Å². The molecule has 0 aliphatic carbocycles. The van der Waals surface area contributed by atoms with Gasteiger partial charge in [-0.05, 0) is 41.3 Å². The summed E-state index contributed by atoms with van der Waals surface area (Å²) in [4.78, 5) is 0. The quantitative estimate of drug-likeness (QED) is 0.365. The van der Waals surface area contributed by atoms with Crippen LogP contribution in [0.1, 0.15) is 24.3 Å². The van der Waals surface area contributed by atoms with E-state index in [4.69, 9.17) is 14.2 Å². The standard InChI is InChI=1S/C27H25F3O3/c1-3-4-5-25-32-15-20(16-33-25)19-10-11-21(23(28)14-19)17-6-8-18(9-7-17)22-12-13-24(31-2)27(30)26(22)29/h3,6-14,20,25H,1,4-5,15-16H2,2H3. The van der Waals surface area contributed by atoms with Gasteiger partial charge in [0.05, 0.1) is 20.3 Å². The summed E-state index contributed by atoms with van der Waals surface area (Å²) in [5.74, 6) is -2.58. The van der Waals surface area contributed by atoms with E-state index >= 15 is 0 Å². The zero-order valence-electron chi connectivity index (χ0n) is 18.3. The van der Waals surface area contributed by atoms with E-state index in [2.05, 4.69) is 6.58 Å². The van der Waals surface area contributed by atoms with Gasteiger partial charge in [-0.3, -0.25) is 0 Å². The van der Waals surface area contributed by atoms with Crippen molar-refractivity contribution < 1.29 is 27.4 Å². The zero-order chi connectivity index (χ0) is 23.4. The summed E-state index contributed by atoms with van der Waals surface area (Å²) >= 11 is 0. The van der Waals surface area contributed by atoms with Crippen LogP contribution in [0, 0.1) is 17.5 Å². The van der Waals surface area contributed by atoms with E-state index in [0.717, 1.165) is 18.4 Å². The van der Waals surface area contributed by atoms with Gasteiger partial charge in [0.15, 0.2) is 17.9 Å². The normalized spacial score (nSPS) is 18.2. The first-order valence-corrected chi connectivity index (χ1v) is 10.8. The molecule has 0 atom stereocenters. The minimum absolute atomic E-state index is 0.0381. The van der Waals surface area contributed by atoms with Gasteiger partial charge in [0.2, 0.25) is 5.82 Å². The Bertz CT molecular complexity index is 1120. The fourth-order valence-corrected chi connectivity index (χ4v) is 3.92. The van der Waals surface area contributed by atoms with E-state index < -0.39 is 11.6 Å². The highest BCUT2D eigenvalue weighted by molar-refractivity contribution is 5.71. The SMILES string of the molecule is C=CCCC1OCC(c2ccc(-c3ccc(-c4ccc(OC)c(F)c4F)cc3)c(F)c2)CO1. The minimum atomic E-state index is -1.04. The molecule has 0 N–H and O–H groups in total. The fraction of sp³-hybridized carbons (Fsp3) is 0.259. The van der Waals surface area contributed by atoms with Crippen molar-refractivity contribution in [2.45, 2.75) is 25.0 Å². The van der Waals surface area contributed by atoms with Crippen molar-refractivity contribution in [3.8, 4) is 28.0 Å². The average molecular weight is 454 g/mol. The Morgan fingerprint density at radius 1 is 0.909 bits per heavy atom. The molecule has 1 heterocycles. The van der Waals surface area contributed by atoms with E-state index in [1.54, 1.807) is 30.3 Å². The molecule has 3 nitrogen and oxygen atoms in total. The van der Waals surface area contributed by atoms with Crippen LogP contribution in [-0.4, -0.2) is 26.6 Å². The average Bonchev–Trinajstić information content (AvgIpc) is 2.85. The van der Waals surface area contributed by atoms with Crippen LogP contribution in [0.4, 0.5) is 13.2 Å². The molecule has 33 heavy (non-hydrogen) atoms. The van der Waals surface area contributed by atoms with Gasteiger partial charge in [-0.25, -0.2) is 8.78 Å². The molecule has 3 aromatic carbocycles. The summed E-state index contributed by atoms with van der Waals surface area (Å²) < 4.78 is 59.6. The Morgan fingerprint density at radius 3 is 2.15 bits per heavy atom. The molecule has 1 aliphatic rings. The first kappa shape index (κ1) is 23.1. The number of halogens is 3. The van der Waals surface area contributed by atoms with Crippen molar-refractivity contribution in [1.82, 2.24) is 0 Å². The Morgan fingerprint density at radius 2 is 1.55 bits per heavy atom. The van der Waals surface area contributed by atoms with Crippen molar-refractivity contribution in [2.24, 2.45) is 0 Å². The van der Waals surface area contributed by atoms with Gasteiger partial charge in [-0.1, -0.05) is 42.5 Å². The van der Waals surface area contributed by atoms with Crippen LogP contribution in [0.5, 0.6) is 5.75 Å². The van der Waals surface area contributed by atoms with Crippen LogP contribution in [-0.2, 0) is 9.47 Å². The number of methoxy groups -OCH3 is 1. The third kappa shape index (κ3) is 4.97. The van der Waals surface area contributed by atoms with Crippen LogP contribution in [0.2, 0.25) is 0 Å². The molecule has 4 rings (SSSR count). The van der Waals surface area contributed by atoms with E-state index in [1.807, 2.05) is 12.1 Å². The molecule has 0 unspecified atom stereocenters. The molecule has 0 bridgehead atoms. The molecular weight excluding hydrogens is 429 g/mol. The lowest BCUT2D eigenvalue weighted by atomic mass is 9.95. The summed E-state index contributed by atoms with van der Waals surface area (Å²) in [5, 5.41) is 0. The Hall–Kier alpha value is -3.09. The first-order valence-electron chi connectivity index (χ1n) is 10.8. The van der Waals surface area contributed by atoms with Crippen molar-refractivity contribution in [3.63, 3.8) is 0 Å². The molecule has 0 aromatic heterocycles. The Kier molecular flexibility index (Phi) is 7.16. The zero-order valence-corrected chi connectivity index (χ0v) is 18.3. The maximum absolute atomic E-state index is 14.9. The second-order valence-electron chi connectivity index (χ2n) is 7.92. The van der Waals surface area contributed by atoms with Gasteiger partial charge < -0.3 is 14.2 Å². The predicted molar refractivity (Wildman–Crippen MR) is 122 cm³/mol. The highest BCUT2D eigenvalue weighted by Crippen LogP contribution is 2.33. The van der Waals surface area contributed by atoms with E-state index in [-0.39, 0.29) is 29.3 Å². The van der Waals surface area contributed by atoms with Gasteiger partial charge in [-0.2, -0.15) is 4.39 Å². The molecule has 172 valence electrons. The van der Waals surface area contributed by atoms with Gasteiger partial charge in [0.25, 0.3) is 0 Å². The molecule has 3 aromatic rings. The van der Waals surface area contributed by atoms with Crippen LogP contribution in [0.25, 0.3) is 22.3 Å². The molecule has 0 radical (unpaired) electrons. The number of benzene rings is 3. The molecule has 1 saturated heterocycles. The Labute approximate surface area is 191 Å². The van der Waals surface area contributed by atoms with Crippen LogP contribution < -0.4 is 4.74 Å². The number of rotatable bonds is 7. The molecule has 1 fully saturated rings. The summed E-state index contributed by atoms with van der Waals surface area (Å²) in [7, 11) is 1.28. The van der Waals surface area contributed by atoms with Gasteiger partial charge in [0.1, 0.15) is 5.82 Å². The van der Waals surface area contributed by atoms with Crippen molar-refractivity contribution in [1.29, 1.82) is 0 Å². The summed E-state index contributed by atoms with van der Waals surface area (Å²) in [6.07, 6.45) is 3.15. The number of hydrogen-bond donors (Lipinski definition) is 0. The lowest BCUT2D eigenvalue weighted by Gasteiger charge is -2.29. The second kappa shape index (κ2) is 10.2. The number of allylic oxidation sites excluding steroid dienone is 1. The molecule has 0 saturated carbocycles. The van der Waals surface area contributed by atoms with E-state index in [9.17, 15) is 13.2 Å². The van der Waals surface area contributed by atoms with Gasteiger partial charge in [-0.15, -0.1) is 6.58 Å². The molecule has 6 heteroatoms. The molecular formula is C27H25F3O3. The predicted octanol–water partition coefficient (Wildman–Crippen LogP) is 6.87. The number of hydrogen-bond acceptors (Lipinski definition) is 3. The lowest BCUT2D eigenvalue weighted by molar-refractivity contribution is -0.189. The van der Waals surface area contributed by atoms with Crippen LogP contribution >= 0.6 is 0 Å². The third-order valence-corrected chi connectivity index (χ3v) is 5.81. The maximum Gasteiger partial charge on any atom is 0.201 e. The van der Waals surface area contributed by atoms with Gasteiger partial charge in [0, 0.05) is 23.5 Å². The third-order valence-electron chi connectivity index (χ3n) is 5.81. The number of ether oxygens (including phenoxy) is 3. The maximum atomic E-state index is 14.9. The Balaban J connectivity index is 1.49. The summed E-state index contributed by atoms with van der Waals surface area (Å²) in [6.45, 7) is 4.64. The monoisotopic (exact) mass is 454 g/mol. The first-order chi connectivity index (χ1) is 16.0. The van der Waals surface area contributed by atoms with Crippen molar-refractivity contribution >= 4 is 0 Å². The fourth-order valence-electron chi connectivity index (χ4n) is 3.92.